The van der Waals surface area contributed by atoms with Gasteiger partial charge in [0.25, 0.3) is 0 Å². The molecule has 16 heavy (non-hydrogen) atoms. The van der Waals surface area contributed by atoms with Gasteiger partial charge in [-0.2, -0.15) is 0 Å². The second-order valence-corrected chi connectivity index (χ2v) is 4.53. The van der Waals surface area contributed by atoms with Gasteiger partial charge in [0, 0.05) is 11.1 Å². The maximum absolute atomic E-state index is 5.46. The largest absolute Gasteiger partial charge is 0.388 e. The molecule has 2 aromatic heterocycles. The summed E-state index contributed by atoms with van der Waals surface area (Å²) in [6, 6.07) is 3.71. The van der Waals surface area contributed by atoms with Crippen LogP contribution in [0.25, 0.3) is 0 Å². The first kappa shape index (κ1) is 11.0. The van der Waals surface area contributed by atoms with Crippen molar-refractivity contribution >= 4 is 34.2 Å². The molecule has 2 aromatic rings. The Kier molecular flexibility index (Phi) is 3.43. The highest BCUT2D eigenvalue weighted by Gasteiger charge is 1.99. The van der Waals surface area contributed by atoms with E-state index in [4.69, 9.17) is 18.0 Å². The number of hydrogen-bond donors (Lipinski definition) is 2. The molecule has 3 N–H and O–H groups in total. The number of pyridine rings is 1. The first-order valence-corrected chi connectivity index (χ1v) is 5.91. The molecule has 0 saturated carbocycles. The van der Waals surface area contributed by atoms with Crippen molar-refractivity contribution in [2.24, 2.45) is 5.73 Å². The van der Waals surface area contributed by atoms with Crippen LogP contribution in [0.15, 0.2) is 30.0 Å². The van der Waals surface area contributed by atoms with Crippen LogP contribution in [0.4, 0.5) is 5.69 Å². The van der Waals surface area contributed by atoms with Gasteiger partial charge < -0.3 is 11.1 Å². The topological polar surface area (TPSA) is 63.8 Å². The minimum absolute atomic E-state index is 0.314. The average molecular weight is 250 g/mol. The summed E-state index contributed by atoms with van der Waals surface area (Å²) in [6.07, 6.45) is 3.56. The third-order valence-corrected chi connectivity index (χ3v) is 2.95. The second kappa shape index (κ2) is 5.00. The van der Waals surface area contributed by atoms with Gasteiger partial charge in [0.2, 0.25) is 0 Å². The van der Waals surface area contributed by atoms with Crippen LogP contribution in [0.5, 0.6) is 0 Å². The number of anilines is 1. The lowest BCUT2D eigenvalue weighted by Crippen LogP contribution is -2.11. The van der Waals surface area contributed by atoms with Crippen LogP contribution >= 0.6 is 23.6 Å². The van der Waals surface area contributed by atoms with Gasteiger partial charge in [-0.05, 0) is 12.1 Å². The summed E-state index contributed by atoms with van der Waals surface area (Å²) in [5.74, 6) is 0. The number of thiocarbonyl (C=S) groups is 1. The van der Waals surface area contributed by atoms with Gasteiger partial charge in [-0.15, -0.1) is 11.3 Å². The molecule has 2 heterocycles. The summed E-state index contributed by atoms with van der Waals surface area (Å²) in [7, 11) is 0. The quantitative estimate of drug-likeness (QED) is 0.810. The Labute approximate surface area is 103 Å². The third-order valence-electron chi connectivity index (χ3n) is 1.97. The van der Waals surface area contributed by atoms with E-state index < -0.39 is 0 Å². The van der Waals surface area contributed by atoms with Crippen molar-refractivity contribution in [3.8, 4) is 0 Å². The van der Waals surface area contributed by atoms with E-state index >= 15 is 0 Å². The second-order valence-electron chi connectivity index (χ2n) is 3.12. The Bertz CT molecular complexity index is 464. The SMILES string of the molecule is NC(=S)c1ccc(NCc2cncs2)cn1. The Balaban J connectivity index is 1.98. The van der Waals surface area contributed by atoms with E-state index in [1.54, 1.807) is 23.6 Å². The fraction of sp³-hybridized carbons (Fsp3) is 0.100. The Hall–Kier alpha value is -1.53. The van der Waals surface area contributed by atoms with Crippen molar-refractivity contribution in [1.82, 2.24) is 9.97 Å². The monoisotopic (exact) mass is 250 g/mol. The van der Waals surface area contributed by atoms with Gasteiger partial charge in [-0.25, -0.2) is 0 Å². The fourth-order valence-corrected chi connectivity index (χ4v) is 1.82. The number of nitrogens with one attached hydrogen (secondary N) is 1. The first-order valence-electron chi connectivity index (χ1n) is 4.63. The van der Waals surface area contributed by atoms with Crippen LogP contribution < -0.4 is 11.1 Å². The molecular weight excluding hydrogens is 240 g/mol. The van der Waals surface area contributed by atoms with Crippen molar-refractivity contribution < 1.29 is 0 Å². The zero-order valence-corrected chi connectivity index (χ0v) is 10.0. The molecule has 0 atom stereocenters. The summed E-state index contributed by atoms with van der Waals surface area (Å²) in [6.45, 7) is 0.749. The Morgan fingerprint density at radius 1 is 1.44 bits per heavy atom. The number of hydrogen-bond acceptors (Lipinski definition) is 5. The molecule has 0 saturated heterocycles. The molecule has 2 rings (SSSR count). The van der Waals surface area contributed by atoms with Gasteiger partial charge in [0.1, 0.15) is 4.99 Å². The maximum atomic E-state index is 5.46. The molecule has 0 aliphatic carbocycles. The number of rotatable bonds is 4. The van der Waals surface area contributed by atoms with E-state index in [0.29, 0.717) is 10.7 Å². The highest BCUT2D eigenvalue weighted by Crippen LogP contribution is 2.11. The van der Waals surface area contributed by atoms with E-state index in [9.17, 15) is 0 Å². The summed E-state index contributed by atoms with van der Waals surface area (Å²) >= 11 is 6.44. The summed E-state index contributed by atoms with van der Waals surface area (Å²) in [5.41, 5.74) is 8.84. The van der Waals surface area contributed by atoms with Crippen LogP contribution in [-0.2, 0) is 6.54 Å². The molecule has 0 aromatic carbocycles. The van der Waals surface area contributed by atoms with E-state index in [-0.39, 0.29) is 0 Å². The standard InChI is InChI=1S/C10H10N4S2/c11-10(15)9-2-1-7(3-14-9)13-5-8-4-12-6-16-8/h1-4,6,13H,5H2,(H2,11,15). The lowest BCUT2D eigenvalue weighted by atomic mass is 10.3. The first-order chi connectivity index (χ1) is 7.75. The van der Waals surface area contributed by atoms with Gasteiger partial charge in [-0.3, -0.25) is 9.97 Å². The van der Waals surface area contributed by atoms with E-state index in [0.717, 1.165) is 12.2 Å². The van der Waals surface area contributed by atoms with E-state index in [1.165, 1.54) is 4.88 Å². The minimum atomic E-state index is 0.314. The molecule has 0 aliphatic heterocycles. The lowest BCUT2D eigenvalue weighted by Gasteiger charge is -2.04. The minimum Gasteiger partial charge on any atom is -0.388 e. The van der Waals surface area contributed by atoms with Gasteiger partial charge in [0.05, 0.1) is 29.6 Å². The number of aromatic nitrogens is 2. The predicted octanol–water partition coefficient (Wildman–Crippen LogP) is 1.78. The zero-order chi connectivity index (χ0) is 11.4. The van der Waals surface area contributed by atoms with Crippen LogP contribution in [-0.4, -0.2) is 15.0 Å². The summed E-state index contributed by atoms with van der Waals surface area (Å²) in [4.78, 5) is 9.63. The fourth-order valence-electron chi connectivity index (χ4n) is 1.16. The smallest absolute Gasteiger partial charge is 0.122 e. The van der Waals surface area contributed by atoms with E-state index in [2.05, 4.69) is 15.3 Å². The van der Waals surface area contributed by atoms with E-state index in [1.807, 2.05) is 17.8 Å². The number of thiazole rings is 1. The molecule has 82 valence electrons. The lowest BCUT2D eigenvalue weighted by molar-refractivity contribution is 1.16. The zero-order valence-electron chi connectivity index (χ0n) is 8.38. The molecule has 4 nitrogen and oxygen atoms in total. The molecule has 0 bridgehead atoms. The average Bonchev–Trinajstić information content (AvgIpc) is 2.80. The molecular formula is C10H10N4S2. The van der Waals surface area contributed by atoms with Gasteiger partial charge in [-0.1, -0.05) is 12.2 Å². The van der Waals surface area contributed by atoms with Crippen molar-refractivity contribution in [2.45, 2.75) is 6.54 Å². The van der Waals surface area contributed by atoms with Crippen molar-refractivity contribution in [3.63, 3.8) is 0 Å². The predicted molar refractivity (Wildman–Crippen MR) is 69.6 cm³/mol. The molecule has 0 radical (unpaired) electrons. The highest BCUT2D eigenvalue weighted by atomic mass is 32.1. The van der Waals surface area contributed by atoms with Gasteiger partial charge in [0.15, 0.2) is 0 Å². The van der Waals surface area contributed by atoms with Gasteiger partial charge >= 0.3 is 0 Å². The highest BCUT2D eigenvalue weighted by molar-refractivity contribution is 7.80. The Morgan fingerprint density at radius 3 is 2.88 bits per heavy atom. The normalized spacial score (nSPS) is 10.0. The molecule has 0 unspecified atom stereocenters. The van der Waals surface area contributed by atoms with Crippen LogP contribution in [0, 0.1) is 0 Å². The Morgan fingerprint density at radius 2 is 2.31 bits per heavy atom. The van der Waals surface area contributed by atoms with Crippen LogP contribution in [0.2, 0.25) is 0 Å². The molecule has 0 spiro atoms. The molecule has 0 fully saturated rings. The van der Waals surface area contributed by atoms with Crippen LogP contribution in [0.3, 0.4) is 0 Å². The summed E-state index contributed by atoms with van der Waals surface area (Å²) in [5, 5.41) is 3.24. The van der Waals surface area contributed by atoms with Crippen molar-refractivity contribution in [1.29, 1.82) is 0 Å². The molecule has 0 amide bonds. The molecule has 6 heteroatoms. The number of nitrogens with zero attached hydrogens (tertiary/aromatic N) is 2. The maximum Gasteiger partial charge on any atom is 0.122 e. The number of nitrogens with two attached hydrogens (primary N) is 1. The van der Waals surface area contributed by atoms with Crippen molar-refractivity contribution in [3.05, 3.63) is 40.6 Å². The van der Waals surface area contributed by atoms with Crippen LogP contribution in [0.1, 0.15) is 10.6 Å². The third kappa shape index (κ3) is 2.74. The molecule has 0 aliphatic rings. The summed E-state index contributed by atoms with van der Waals surface area (Å²) < 4.78 is 0. The van der Waals surface area contributed by atoms with Crippen molar-refractivity contribution in [2.75, 3.05) is 5.32 Å².